The molecule has 1 aliphatic carbocycles. The first-order valence-corrected chi connectivity index (χ1v) is 9.34. The molecule has 7 heteroatoms. The summed E-state index contributed by atoms with van der Waals surface area (Å²) >= 11 is 0. The van der Waals surface area contributed by atoms with E-state index >= 15 is 0 Å². The second-order valence-corrected chi connectivity index (χ2v) is 9.48. The van der Waals surface area contributed by atoms with Gasteiger partial charge in [0, 0.05) is 18.0 Å². The molecular weight excluding hydrogens is 290 g/mol. The summed E-state index contributed by atoms with van der Waals surface area (Å²) in [5.74, 6) is 2.33. The summed E-state index contributed by atoms with van der Waals surface area (Å²) in [7, 11) is -2.89. The second-order valence-electron chi connectivity index (χ2n) is 7.26. The molecule has 0 radical (unpaired) electrons. The van der Waals surface area contributed by atoms with Crippen LogP contribution in [-0.2, 0) is 21.8 Å². The van der Waals surface area contributed by atoms with Gasteiger partial charge in [0.15, 0.2) is 15.7 Å². The molecule has 118 valence electrons. The summed E-state index contributed by atoms with van der Waals surface area (Å²) in [5, 5.41) is 4.05. The molecular formula is C14H23N3O3S. The van der Waals surface area contributed by atoms with Gasteiger partial charge < -0.3 is 4.52 Å². The lowest BCUT2D eigenvalue weighted by Crippen LogP contribution is -2.49. The van der Waals surface area contributed by atoms with Crippen molar-refractivity contribution in [3.63, 3.8) is 0 Å². The third-order valence-corrected chi connectivity index (χ3v) is 5.86. The molecule has 1 aromatic heterocycles. The van der Waals surface area contributed by atoms with Crippen LogP contribution in [0.3, 0.4) is 0 Å². The molecule has 0 N–H and O–H groups in total. The lowest BCUT2D eigenvalue weighted by Gasteiger charge is -2.34. The Balaban J connectivity index is 1.73. The molecule has 1 aliphatic heterocycles. The number of nitrogens with zero attached hydrogens (tertiary/aromatic N) is 3. The summed E-state index contributed by atoms with van der Waals surface area (Å²) in [6.45, 7) is 7.25. The van der Waals surface area contributed by atoms with Crippen LogP contribution in [0.4, 0.5) is 0 Å². The molecule has 1 aromatic rings. The second kappa shape index (κ2) is 5.05. The maximum Gasteiger partial charge on any atom is 0.232 e. The molecule has 0 unspecified atom stereocenters. The zero-order valence-corrected chi connectivity index (χ0v) is 13.7. The Morgan fingerprint density at radius 3 is 2.62 bits per heavy atom. The Hall–Kier alpha value is -0.950. The number of hydrogen-bond acceptors (Lipinski definition) is 6. The number of aromatic nitrogens is 2. The van der Waals surface area contributed by atoms with Crippen molar-refractivity contribution in [2.75, 3.05) is 18.1 Å². The van der Waals surface area contributed by atoms with Crippen molar-refractivity contribution in [1.29, 1.82) is 0 Å². The normalized spacial score (nSPS) is 26.9. The molecule has 2 aliphatic rings. The summed E-state index contributed by atoms with van der Waals surface area (Å²) in [6, 6.07) is 0.125. The zero-order chi connectivity index (χ0) is 15.3. The quantitative estimate of drug-likeness (QED) is 0.839. The van der Waals surface area contributed by atoms with E-state index in [0.717, 1.165) is 12.8 Å². The van der Waals surface area contributed by atoms with E-state index in [1.807, 2.05) is 20.8 Å². The van der Waals surface area contributed by atoms with Crippen LogP contribution >= 0.6 is 0 Å². The van der Waals surface area contributed by atoms with Crippen molar-refractivity contribution in [2.45, 2.75) is 51.6 Å². The maximum absolute atomic E-state index is 11.9. The van der Waals surface area contributed by atoms with Crippen LogP contribution < -0.4 is 0 Å². The summed E-state index contributed by atoms with van der Waals surface area (Å²) in [4.78, 5) is 6.68. The van der Waals surface area contributed by atoms with Gasteiger partial charge in [-0.05, 0) is 18.8 Å². The predicted molar refractivity (Wildman–Crippen MR) is 78.6 cm³/mol. The average Bonchev–Trinajstić information content (AvgIpc) is 3.09. The van der Waals surface area contributed by atoms with Gasteiger partial charge in [-0.1, -0.05) is 25.9 Å². The highest BCUT2D eigenvalue weighted by molar-refractivity contribution is 7.91. The largest absolute Gasteiger partial charge is 0.339 e. The van der Waals surface area contributed by atoms with Crippen molar-refractivity contribution >= 4 is 9.84 Å². The van der Waals surface area contributed by atoms with E-state index in [1.54, 1.807) is 0 Å². The summed E-state index contributed by atoms with van der Waals surface area (Å²) in [6.07, 6.45) is 2.27. The van der Waals surface area contributed by atoms with Crippen LogP contribution in [-0.4, -0.2) is 47.6 Å². The molecule has 21 heavy (non-hydrogen) atoms. The fourth-order valence-corrected chi connectivity index (χ4v) is 4.47. The van der Waals surface area contributed by atoms with Gasteiger partial charge >= 0.3 is 0 Å². The third kappa shape index (κ3) is 3.45. The first kappa shape index (κ1) is 15.0. The molecule has 1 atom stereocenters. The van der Waals surface area contributed by atoms with Crippen LogP contribution in [0.1, 0.15) is 45.3 Å². The van der Waals surface area contributed by atoms with Gasteiger partial charge in [-0.3, -0.25) is 4.90 Å². The lowest BCUT2D eigenvalue weighted by molar-refractivity contribution is 0.178. The number of sulfone groups is 1. The van der Waals surface area contributed by atoms with Gasteiger partial charge in [0.05, 0.1) is 18.1 Å². The van der Waals surface area contributed by atoms with Gasteiger partial charge in [0.1, 0.15) is 0 Å². The van der Waals surface area contributed by atoms with Crippen molar-refractivity contribution in [3.8, 4) is 0 Å². The van der Waals surface area contributed by atoms with Crippen LogP contribution in [0.25, 0.3) is 0 Å². The van der Waals surface area contributed by atoms with E-state index in [4.69, 9.17) is 4.52 Å². The Labute approximate surface area is 125 Å². The predicted octanol–water partition coefficient (Wildman–Crippen LogP) is 1.38. The van der Waals surface area contributed by atoms with E-state index in [2.05, 4.69) is 15.0 Å². The maximum atomic E-state index is 11.9. The van der Waals surface area contributed by atoms with Crippen LogP contribution in [0.5, 0.6) is 0 Å². The molecule has 3 rings (SSSR count). The van der Waals surface area contributed by atoms with Gasteiger partial charge in [0.25, 0.3) is 0 Å². The highest BCUT2D eigenvalue weighted by Crippen LogP contribution is 2.37. The topological polar surface area (TPSA) is 76.3 Å². The van der Waals surface area contributed by atoms with Gasteiger partial charge in [-0.25, -0.2) is 8.42 Å². The van der Waals surface area contributed by atoms with Gasteiger partial charge in [0.2, 0.25) is 5.89 Å². The van der Waals surface area contributed by atoms with Crippen molar-refractivity contribution in [2.24, 2.45) is 5.92 Å². The highest BCUT2D eigenvalue weighted by Gasteiger charge is 2.41. The first-order valence-electron chi connectivity index (χ1n) is 7.52. The Morgan fingerprint density at radius 1 is 1.33 bits per heavy atom. The summed E-state index contributed by atoms with van der Waals surface area (Å²) in [5.41, 5.74) is -0.160. The molecule has 0 aromatic carbocycles. The number of hydrogen-bond donors (Lipinski definition) is 0. The fourth-order valence-electron chi connectivity index (χ4n) is 2.79. The molecule has 0 amide bonds. The van der Waals surface area contributed by atoms with Crippen LogP contribution in [0.15, 0.2) is 4.52 Å². The smallest absolute Gasteiger partial charge is 0.232 e. The SMILES string of the molecule is CC(C)(C)c1nc(CN2CCS(=O)(=O)C[C@H]2C2CC2)no1. The molecule has 2 heterocycles. The average molecular weight is 313 g/mol. The molecule has 1 saturated carbocycles. The summed E-state index contributed by atoms with van der Waals surface area (Å²) < 4.78 is 29.0. The Kier molecular flexibility index (Phi) is 3.60. The van der Waals surface area contributed by atoms with Crippen molar-refractivity contribution in [3.05, 3.63) is 11.7 Å². The van der Waals surface area contributed by atoms with E-state index in [1.165, 1.54) is 0 Å². The minimum atomic E-state index is -2.89. The molecule has 0 spiro atoms. The van der Waals surface area contributed by atoms with E-state index < -0.39 is 9.84 Å². The van der Waals surface area contributed by atoms with Crippen LogP contribution in [0.2, 0.25) is 0 Å². The third-order valence-electron chi connectivity index (χ3n) is 4.20. The minimum absolute atomic E-state index is 0.125. The monoisotopic (exact) mass is 313 g/mol. The van der Waals surface area contributed by atoms with Gasteiger partial charge in [-0.15, -0.1) is 0 Å². The zero-order valence-electron chi connectivity index (χ0n) is 12.9. The fraction of sp³-hybridized carbons (Fsp3) is 0.857. The van der Waals surface area contributed by atoms with Crippen molar-refractivity contribution < 1.29 is 12.9 Å². The minimum Gasteiger partial charge on any atom is -0.339 e. The van der Waals surface area contributed by atoms with E-state index in [-0.39, 0.29) is 23.0 Å². The molecule has 1 saturated heterocycles. The molecule has 6 nitrogen and oxygen atoms in total. The lowest BCUT2D eigenvalue weighted by atomic mass is 9.97. The Morgan fingerprint density at radius 2 is 2.05 bits per heavy atom. The molecule has 2 fully saturated rings. The molecule has 0 bridgehead atoms. The van der Waals surface area contributed by atoms with Crippen molar-refractivity contribution in [1.82, 2.24) is 15.0 Å². The van der Waals surface area contributed by atoms with E-state index in [9.17, 15) is 8.42 Å². The highest BCUT2D eigenvalue weighted by atomic mass is 32.2. The van der Waals surface area contributed by atoms with E-state index in [0.29, 0.717) is 30.7 Å². The Bertz CT molecular complexity index is 614. The van der Waals surface area contributed by atoms with Crippen LogP contribution in [0, 0.1) is 5.92 Å². The first-order chi connectivity index (χ1) is 9.74. The number of rotatable bonds is 3. The van der Waals surface area contributed by atoms with Gasteiger partial charge in [-0.2, -0.15) is 4.98 Å². The standard InChI is InChI=1S/C14H23N3O3S/c1-14(2,3)13-15-12(16-20-13)8-17-6-7-21(18,19)9-11(17)10-4-5-10/h10-11H,4-9H2,1-3H3/t11-/m0/s1.